The zero-order chi connectivity index (χ0) is 15.0. The van der Waals surface area contributed by atoms with Crippen LogP contribution in [0, 0.1) is 0 Å². The Morgan fingerprint density at radius 3 is 2.76 bits per heavy atom. The van der Waals surface area contributed by atoms with Gasteiger partial charge in [0.1, 0.15) is 5.75 Å². The Bertz CT molecular complexity index is 543. The van der Waals surface area contributed by atoms with E-state index in [2.05, 4.69) is 11.8 Å². The standard InChI is InChI=1S/C16H21ClN2O2/c1-11-4-2-3-7-19(11)13-9-18(10-13)16(21)14-6-5-12(17)8-15(14)20/h5-6,8,11,13,20H,2-4,7,9-10H2,1H3/t11-/m1/s1. The number of likely N-dealkylation sites (tertiary alicyclic amines) is 2. The summed E-state index contributed by atoms with van der Waals surface area (Å²) < 4.78 is 0. The topological polar surface area (TPSA) is 43.8 Å². The Kier molecular flexibility index (Phi) is 4.09. The van der Waals surface area contributed by atoms with Crippen LogP contribution in [0.2, 0.25) is 5.02 Å². The quantitative estimate of drug-likeness (QED) is 0.913. The highest BCUT2D eigenvalue weighted by atomic mass is 35.5. The van der Waals surface area contributed by atoms with E-state index >= 15 is 0 Å². The molecule has 0 aliphatic carbocycles. The summed E-state index contributed by atoms with van der Waals surface area (Å²) in [7, 11) is 0. The van der Waals surface area contributed by atoms with Crippen LogP contribution >= 0.6 is 11.6 Å². The van der Waals surface area contributed by atoms with Crippen molar-refractivity contribution in [3.05, 3.63) is 28.8 Å². The molecule has 2 aliphatic heterocycles. The van der Waals surface area contributed by atoms with Crippen LogP contribution in [0.5, 0.6) is 5.75 Å². The molecule has 0 aromatic heterocycles. The Balaban J connectivity index is 1.61. The fourth-order valence-corrected chi connectivity index (χ4v) is 3.52. The minimum atomic E-state index is -0.106. The van der Waals surface area contributed by atoms with Gasteiger partial charge in [-0.2, -0.15) is 0 Å². The minimum Gasteiger partial charge on any atom is -0.507 e. The van der Waals surface area contributed by atoms with E-state index in [0.29, 0.717) is 22.7 Å². The predicted molar refractivity (Wildman–Crippen MR) is 82.8 cm³/mol. The molecule has 1 amide bonds. The van der Waals surface area contributed by atoms with Gasteiger partial charge in [-0.1, -0.05) is 18.0 Å². The molecular weight excluding hydrogens is 288 g/mol. The van der Waals surface area contributed by atoms with Gasteiger partial charge in [0.2, 0.25) is 0 Å². The van der Waals surface area contributed by atoms with Gasteiger partial charge in [-0.15, -0.1) is 0 Å². The van der Waals surface area contributed by atoms with Crippen LogP contribution in [-0.4, -0.2) is 52.5 Å². The number of halogens is 1. The molecule has 1 aromatic rings. The number of rotatable bonds is 2. The molecule has 21 heavy (non-hydrogen) atoms. The Morgan fingerprint density at radius 1 is 1.33 bits per heavy atom. The van der Waals surface area contributed by atoms with Crippen molar-refractivity contribution in [2.45, 2.75) is 38.3 Å². The number of hydrogen-bond acceptors (Lipinski definition) is 3. The number of amides is 1. The molecule has 0 radical (unpaired) electrons. The normalized spacial score (nSPS) is 23.9. The molecule has 5 heteroatoms. The van der Waals surface area contributed by atoms with Crippen LogP contribution in [0.15, 0.2) is 18.2 Å². The van der Waals surface area contributed by atoms with Crippen LogP contribution < -0.4 is 0 Å². The zero-order valence-electron chi connectivity index (χ0n) is 12.3. The third kappa shape index (κ3) is 2.87. The van der Waals surface area contributed by atoms with Crippen molar-refractivity contribution in [1.82, 2.24) is 9.80 Å². The summed E-state index contributed by atoms with van der Waals surface area (Å²) in [4.78, 5) is 16.7. The van der Waals surface area contributed by atoms with E-state index in [4.69, 9.17) is 11.6 Å². The SMILES string of the molecule is C[C@@H]1CCCCN1C1CN(C(=O)c2ccc(Cl)cc2O)C1. The van der Waals surface area contributed by atoms with Gasteiger partial charge in [0, 0.05) is 30.2 Å². The highest BCUT2D eigenvalue weighted by Crippen LogP contribution is 2.28. The summed E-state index contributed by atoms with van der Waals surface area (Å²) >= 11 is 5.80. The number of carbonyl (C=O) groups is 1. The molecule has 0 saturated carbocycles. The first-order valence-electron chi connectivity index (χ1n) is 7.60. The monoisotopic (exact) mass is 308 g/mol. The molecule has 0 spiro atoms. The van der Waals surface area contributed by atoms with Crippen molar-refractivity contribution in [2.24, 2.45) is 0 Å². The number of phenolic OH excluding ortho intramolecular Hbond substituents is 1. The molecule has 3 rings (SSSR count). The van der Waals surface area contributed by atoms with Gasteiger partial charge in [0.05, 0.1) is 5.56 Å². The second-order valence-electron chi connectivity index (χ2n) is 6.11. The summed E-state index contributed by atoms with van der Waals surface area (Å²) in [5.41, 5.74) is 0.338. The summed E-state index contributed by atoms with van der Waals surface area (Å²) in [6, 6.07) is 5.73. The first kappa shape index (κ1) is 14.7. The van der Waals surface area contributed by atoms with Crippen molar-refractivity contribution >= 4 is 17.5 Å². The fourth-order valence-electron chi connectivity index (χ4n) is 3.35. The summed E-state index contributed by atoms with van der Waals surface area (Å²) in [6.45, 7) is 4.92. The van der Waals surface area contributed by atoms with Gasteiger partial charge in [-0.3, -0.25) is 9.69 Å². The molecular formula is C16H21ClN2O2. The fraction of sp³-hybridized carbons (Fsp3) is 0.562. The summed E-state index contributed by atoms with van der Waals surface area (Å²) in [6.07, 6.45) is 3.82. The number of benzene rings is 1. The first-order valence-corrected chi connectivity index (χ1v) is 7.97. The van der Waals surface area contributed by atoms with Gasteiger partial charge >= 0.3 is 0 Å². The molecule has 2 heterocycles. The van der Waals surface area contributed by atoms with Gasteiger partial charge in [0.25, 0.3) is 5.91 Å². The van der Waals surface area contributed by atoms with Crippen molar-refractivity contribution in [2.75, 3.05) is 19.6 Å². The maximum Gasteiger partial charge on any atom is 0.257 e. The largest absolute Gasteiger partial charge is 0.507 e. The number of nitrogens with zero attached hydrogens (tertiary/aromatic N) is 2. The average molecular weight is 309 g/mol. The summed E-state index contributed by atoms with van der Waals surface area (Å²) in [5.74, 6) is -0.146. The Hall–Kier alpha value is -1.26. The molecule has 2 saturated heterocycles. The van der Waals surface area contributed by atoms with E-state index in [1.807, 2.05) is 0 Å². The van der Waals surface area contributed by atoms with Gasteiger partial charge in [-0.05, 0) is 44.5 Å². The van der Waals surface area contributed by atoms with E-state index in [0.717, 1.165) is 19.6 Å². The number of phenols is 1. The van der Waals surface area contributed by atoms with E-state index in [1.54, 1.807) is 17.0 Å². The van der Waals surface area contributed by atoms with E-state index in [1.165, 1.54) is 25.3 Å². The number of hydrogen-bond donors (Lipinski definition) is 1. The molecule has 114 valence electrons. The Morgan fingerprint density at radius 2 is 2.10 bits per heavy atom. The number of carbonyl (C=O) groups excluding carboxylic acids is 1. The van der Waals surface area contributed by atoms with Gasteiger partial charge < -0.3 is 10.0 Å². The van der Waals surface area contributed by atoms with Crippen molar-refractivity contribution in [1.29, 1.82) is 0 Å². The van der Waals surface area contributed by atoms with E-state index < -0.39 is 0 Å². The second-order valence-corrected chi connectivity index (χ2v) is 6.54. The zero-order valence-corrected chi connectivity index (χ0v) is 13.0. The van der Waals surface area contributed by atoms with Crippen LogP contribution in [0.25, 0.3) is 0 Å². The number of aromatic hydroxyl groups is 1. The third-order valence-corrected chi connectivity index (χ3v) is 4.90. The first-order chi connectivity index (χ1) is 10.1. The lowest BCUT2D eigenvalue weighted by atomic mass is 9.97. The maximum atomic E-state index is 12.4. The molecule has 0 bridgehead atoms. The van der Waals surface area contributed by atoms with E-state index in [-0.39, 0.29) is 11.7 Å². The Labute approximate surface area is 130 Å². The lowest BCUT2D eigenvalue weighted by Crippen LogP contribution is -2.63. The van der Waals surface area contributed by atoms with Crippen LogP contribution in [0.4, 0.5) is 0 Å². The van der Waals surface area contributed by atoms with Crippen LogP contribution in [0.1, 0.15) is 36.5 Å². The average Bonchev–Trinajstić information content (AvgIpc) is 2.39. The summed E-state index contributed by atoms with van der Waals surface area (Å²) in [5, 5.41) is 10.3. The molecule has 1 atom stereocenters. The predicted octanol–water partition coefficient (Wildman–Crippen LogP) is 2.74. The van der Waals surface area contributed by atoms with Gasteiger partial charge in [-0.25, -0.2) is 0 Å². The van der Waals surface area contributed by atoms with Crippen LogP contribution in [-0.2, 0) is 0 Å². The van der Waals surface area contributed by atoms with Crippen LogP contribution in [0.3, 0.4) is 0 Å². The van der Waals surface area contributed by atoms with Crippen molar-refractivity contribution < 1.29 is 9.90 Å². The molecule has 2 aliphatic rings. The molecule has 4 nitrogen and oxygen atoms in total. The van der Waals surface area contributed by atoms with Gasteiger partial charge in [0.15, 0.2) is 0 Å². The smallest absolute Gasteiger partial charge is 0.257 e. The molecule has 1 N–H and O–H groups in total. The highest BCUT2D eigenvalue weighted by Gasteiger charge is 2.38. The van der Waals surface area contributed by atoms with Crippen molar-refractivity contribution in [3.63, 3.8) is 0 Å². The lowest BCUT2D eigenvalue weighted by molar-refractivity contribution is 0.00198. The minimum absolute atomic E-state index is 0.0395. The molecule has 2 fully saturated rings. The lowest BCUT2D eigenvalue weighted by Gasteiger charge is -2.49. The van der Waals surface area contributed by atoms with E-state index in [9.17, 15) is 9.90 Å². The highest BCUT2D eigenvalue weighted by molar-refractivity contribution is 6.30. The maximum absolute atomic E-state index is 12.4. The molecule has 0 unspecified atom stereocenters. The third-order valence-electron chi connectivity index (χ3n) is 4.66. The second kappa shape index (κ2) is 5.85. The van der Waals surface area contributed by atoms with Crippen molar-refractivity contribution in [3.8, 4) is 5.75 Å². The number of piperidine rings is 1. The molecule has 1 aromatic carbocycles.